The SMILES string of the molecule is CCOCCN(C(=O)Cc1ccc(-c2ccccc2)cc1)C(C)C(=O)O. The zero-order valence-corrected chi connectivity index (χ0v) is 15.2. The van der Waals surface area contributed by atoms with Crippen LogP contribution < -0.4 is 0 Å². The summed E-state index contributed by atoms with van der Waals surface area (Å²) in [4.78, 5) is 25.3. The molecule has 0 spiro atoms. The number of carboxylic acids is 1. The molecule has 5 heteroatoms. The fourth-order valence-corrected chi connectivity index (χ4v) is 2.70. The summed E-state index contributed by atoms with van der Waals surface area (Å²) in [7, 11) is 0. The molecular formula is C21H25NO4. The molecular weight excluding hydrogens is 330 g/mol. The molecule has 0 fully saturated rings. The first kappa shape index (κ1) is 19.7. The van der Waals surface area contributed by atoms with Gasteiger partial charge in [0.1, 0.15) is 6.04 Å². The van der Waals surface area contributed by atoms with Crippen molar-refractivity contribution in [1.82, 2.24) is 4.90 Å². The third-order valence-corrected chi connectivity index (χ3v) is 4.24. The smallest absolute Gasteiger partial charge is 0.326 e. The van der Waals surface area contributed by atoms with E-state index in [-0.39, 0.29) is 18.9 Å². The molecule has 5 nitrogen and oxygen atoms in total. The molecule has 0 bridgehead atoms. The van der Waals surface area contributed by atoms with E-state index < -0.39 is 12.0 Å². The van der Waals surface area contributed by atoms with Gasteiger partial charge in [-0.3, -0.25) is 4.79 Å². The lowest BCUT2D eigenvalue weighted by atomic mass is 10.0. The quantitative estimate of drug-likeness (QED) is 0.701. The number of rotatable bonds is 9. The van der Waals surface area contributed by atoms with E-state index in [1.165, 1.54) is 11.8 Å². The van der Waals surface area contributed by atoms with Crippen molar-refractivity contribution in [2.45, 2.75) is 26.3 Å². The third kappa shape index (κ3) is 5.43. The van der Waals surface area contributed by atoms with Gasteiger partial charge in [-0.05, 0) is 30.5 Å². The number of aliphatic carboxylic acids is 1. The first-order valence-electron chi connectivity index (χ1n) is 8.77. The molecule has 0 saturated heterocycles. The van der Waals surface area contributed by atoms with Gasteiger partial charge in [0.25, 0.3) is 0 Å². The van der Waals surface area contributed by atoms with Crippen LogP contribution in [0.25, 0.3) is 11.1 Å². The zero-order valence-electron chi connectivity index (χ0n) is 15.2. The highest BCUT2D eigenvalue weighted by atomic mass is 16.5. The molecule has 0 heterocycles. The Kier molecular flexibility index (Phi) is 7.36. The van der Waals surface area contributed by atoms with Gasteiger partial charge in [-0.25, -0.2) is 4.79 Å². The van der Waals surface area contributed by atoms with Crippen LogP contribution in [0.2, 0.25) is 0 Å². The maximum absolute atomic E-state index is 12.6. The van der Waals surface area contributed by atoms with Crippen LogP contribution in [0.5, 0.6) is 0 Å². The monoisotopic (exact) mass is 355 g/mol. The number of ether oxygens (including phenoxy) is 1. The second kappa shape index (κ2) is 9.73. The van der Waals surface area contributed by atoms with E-state index in [9.17, 15) is 14.7 Å². The average molecular weight is 355 g/mol. The highest BCUT2D eigenvalue weighted by Gasteiger charge is 2.25. The standard InChI is InChI=1S/C21H25NO4/c1-3-26-14-13-22(16(2)21(24)25)20(23)15-17-9-11-19(12-10-17)18-7-5-4-6-8-18/h4-12,16H,3,13-15H2,1-2H3,(H,24,25). The number of hydrogen-bond donors (Lipinski definition) is 1. The lowest BCUT2D eigenvalue weighted by Gasteiger charge is -2.26. The Morgan fingerprint density at radius 1 is 1.04 bits per heavy atom. The minimum atomic E-state index is -1.02. The molecule has 1 N–H and O–H groups in total. The largest absolute Gasteiger partial charge is 0.480 e. The second-order valence-corrected chi connectivity index (χ2v) is 6.04. The van der Waals surface area contributed by atoms with Gasteiger partial charge in [0.2, 0.25) is 5.91 Å². The van der Waals surface area contributed by atoms with Crippen LogP contribution in [-0.4, -0.2) is 47.7 Å². The highest BCUT2D eigenvalue weighted by molar-refractivity contribution is 5.85. The molecule has 138 valence electrons. The van der Waals surface area contributed by atoms with Gasteiger partial charge in [-0.1, -0.05) is 54.6 Å². The summed E-state index contributed by atoms with van der Waals surface area (Å²) in [5.74, 6) is -1.23. The van der Waals surface area contributed by atoms with Gasteiger partial charge in [-0.15, -0.1) is 0 Å². The molecule has 0 aliphatic heterocycles. The Balaban J connectivity index is 2.06. The van der Waals surface area contributed by atoms with Crippen molar-refractivity contribution in [2.75, 3.05) is 19.8 Å². The lowest BCUT2D eigenvalue weighted by Crippen LogP contribution is -2.45. The van der Waals surface area contributed by atoms with E-state index in [0.717, 1.165) is 16.7 Å². The number of carbonyl (C=O) groups is 2. The van der Waals surface area contributed by atoms with E-state index in [2.05, 4.69) is 0 Å². The fourth-order valence-electron chi connectivity index (χ4n) is 2.70. The van der Waals surface area contributed by atoms with Crippen LogP contribution in [0.4, 0.5) is 0 Å². The van der Waals surface area contributed by atoms with Crippen LogP contribution >= 0.6 is 0 Å². The topological polar surface area (TPSA) is 66.8 Å². The normalized spacial score (nSPS) is 11.8. The van der Waals surface area contributed by atoms with Gasteiger partial charge in [0.05, 0.1) is 13.0 Å². The summed E-state index contributed by atoms with van der Waals surface area (Å²) in [5.41, 5.74) is 3.05. The molecule has 0 aliphatic rings. The number of hydrogen-bond acceptors (Lipinski definition) is 3. The molecule has 1 unspecified atom stereocenters. The van der Waals surface area contributed by atoms with Gasteiger partial charge >= 0.3 is 5.97 Å². The Hall–Kier alpha value is -2.66. The van der Waals surface area contributed by atoms with Crippen molar-refractivity contribution in [1.29, 1.82) is 0 Å². The highest BCUT2D eigenvalue weighted by Crippen LogP contribution is 2.19. The Labute approximate surface area is 154 Å². The third-order valence-electron chi connectivity index (χ3n) is 4.24. The lowest BCUT2D eigenvalue weighted by molar-refractivity contribution is -0.149. The van der Waals surface area contributed by atoms with Crippen molar-refractivity contribution in [3.05, 3.63) is 60.2 Å². The van der Waals surface area contributed by atoms with Gasteiger partial charge in [-0.2, -0.15) is 0 Å². The van der Waals surface area contributed by atoms with Gasteiger partial charge < -0.3 is 14.7 Å². The molecule has 1 amide bonds. The van der Waals surface area contributed by atoms with Crippen molar-refractivity contribution in [2.24, 2.45) is 0 Å². The number of amides is 1. The van der Waals surface area contributed by atoms with E-state index >= 15 is 0 Å². The van der Waals surface area contributed by atoms with Gasteiger partial charge in [0.15, 0.2) is 0 Å². The molecule has 2 rings (SSSR count). The number of carboxylic acid groups (broad SMARTS) is 1. The first-order valence-corrected chi connectivity index (χ1v) is 8.77. The molecule has 2 aromatic carbocycles. The molecule has 2 aromatic rings. The van der Waals surface area contributed by atoms with E-state index in [1.54, 1.807) is 0 Å². The summed E-state index contributed by atoms with van der Waals surface area (Å²) in [6.45, 7) is 4.51. The zero-order chi connectivity index (χ0) is 18.9. The molecule has 26 heavy (non-hydrogen) atoms. The number of benzene rings is 2. The number of nitrogens with zero attached hydrogens (tertiary/aromatic N) is 1. The van der Waals surface area contributed by atoms with E-state index in [0.29, 0.717) is 13.2 Å². The minimum Gasteiger partial charge on any atom is -0.480 e. The molecule has 0 aliphatic carbocycles. The van der Waals surface area contributed by atoms with E-state index in [1.807, 2.05) is 61.5 Å². The molecule has 0 radical (unpaired) electrons. The molecule has 0 aromatic heterocycles. The van der Waals surface area contributed by atoms with Crippen LogP contribution in [0.15, 0.2) is 54.6 Å². The van der Waals surface area contributed by atoms with Crippen LogP contribution in [0.1, 0.15) is 19.4 Å². The number of carbonyl (C=O) groups excluding carboxylic acids is 1. The Bertz CT molecular complexity index is 713. The Morgan fingerprint density at radius 3 is 2.23 bits per heavy atom. The summed E-state index contributed by atoms with van der Waals surface area (Å²) in [6.07, 6.45) is 0.165. The Morgan fingerprint density at radius 2 is 1.65 bits per heavy atom. The summed E-state index contributed by atoms with van der Waals surface area (Å²) >= 11 is 0. The van der Waals surface area contributed by atoms with Crippen molar-refractivity contribution in [3.8, 4) is 11.1 Å². The maximum atomic E-state index is 12.6. The summed E-state index contributed by atoms with van der Waals surface area (Å²) < 4.78 is 5.27. The summed E-state index contributed by atoms with van der Waals surface area (Å²) in [5, 5.41) is 9.25. The minimum absolute atomic E-state index is 0.165. The first-order chi connectivity index (χ1) is 12.5. The summed E-state index contributed by atoms with van der Waals surface area (Å²) in [6, 6.07) is 16.9. The van der Waals surface area contributed by atoms with Crippen molar-refractivity contribution in [3.63, 3.8) is 0 Å². The molecule has 0 saturated carbocycles. The van der Waals surface area contributed by atoms with Crippen LogP contribution in [0, 0.1) is 0 Å². The van der Waals surface area contributed by atoms with Crippen molar-refractivity contribution < 1.29 is 19.4 Å². The van der Waals surface area contributed by atoms with Crippen LogP contribution in [0.3, 0.4) is 0 Å². The predicted molar refractivity (Wildman–Crippen MR) is 101 cm³/mol. The molecule has 1 atom stereocenters. The van der Waals surface area contributed by atoms with Gasteiger partial charge in [0, 0.05) is 13.2 Å². The fraction of sp³-hybridized carbons (Fsp3) is 0.333. The maximum Gasteiger partial charge on any atom is 0.326 e. The average Bonchev–Trinajstić information content (AvgIpc) is 2.66. The predicted octanol–water partition coefficient (Wildman–Crippen LogP) is 3.23. The van der Waals surface area contributed by atoms with E-state index in [4.69, 9.17) is 4.74 Å². The second-order valence-electron chi connectivity index (χ2n) is 6.04. The van der Waals surface area contributed by atoms with Crippen LogP contribution in [-0.2, 0) is 20.7 Å². The van der Waals surface area contributed by atoms with Crippen molar-refractivity contribution >= 4 is 11.9 Å².